The minimum absolute atomic E-state index is 0.180. The van der Waals surface area contributed by atoms with Gasteiger partial charge < -0.3 is 15.2 Å². The van der Waals surface area contributed by atoms with Gasteiger partial charge in [0.05, 0.1) is 6.10 Å². The molecule has 94 valence electrons. The van der Waals surface area contributed by atoms with E-state index >= 15 is 0 Å². The molecule has 0 spiro atoms. The number of hydrogen-bond acceptors (Lipinski definition) is 3. The smallest absolute Gasteiger partial charge is 0.119 e. The van der Waals surface area contributed by atoms with Crippen LogP contribution in [0.3, 0.4) is 0 Å². The van der Waals surface area contributed by atoms with Crippen LogP contribution in [-0.2, 0) is 0 Å². The van der Waals surface area contributed by atoms with Crippen molar-refractivity contribution in [1.82, 2.24) is 5.32 Å². The maximum Gasteiger partial charge on any atom is 0.119 e. The Bertz CT molecular complexity index is 315. The van der Waals surface area contributed by atoms with Gasteiger partial charge in [0.1, 0.15) is 12.4 Å². The summed E-state index contributed by atoms with van der Waals surface area (Å²) in [7, 11) is 0. The molecule has 0 amide bonds. The Balaban J connectivity index is 1.63. The number of nitrogens with one attached hydrogen (secondary N) is 1. The van der Waals surface area contributed by atoms with Crippen molar-refractivity contribution in [2.45, 2.75) is 37.8 Å². The minimum Gasteiger partial charge on any atom is -0.492 e. The van der Waals surface area contributed by atoms with E-state index in [0.717, 1.165) is 31.6 Å². The minimum atomic E-state index is -0.180. The van der Waals surface area contributed by atoms with Crippen molar-refractivity contribution >= 4 is 0 Å². The van der Waals surface area contributed by atoms with E-state index in [-0.39, 0.29) is 12.1 Å². The Kier molecular flexibility index (Phi) is 4.83. The molecule has 0 aliphatic heterocycles. The van der Waals surface area contributed by atoms with E-state index < -0.39 is 0 Å². The molecule has 3 nitrogen and oxygen atoms in total. The van der Waals surface area contributed by atoms with Crippen molar-refractivity contribution in [3.8, 4) is 5.75 Å². The third kappa shape index (κ3) is 4.02. The molecule has 2 atom stereocenters. The van der Waals surface area contributed by atoms with E-state index in [1.165, 1.54) is 6.42 Å². The van der Waals surface area contributed by atoms with Crippen LogP contribution in [0.15, 0.2) is 30.3 Å². The van der Waals surface area contributed by atoms with Crippen LogP contribution in [0.5, 0.6) is 5.75 Å². The van der Waals surface area contributed by atoms with Crippen LogP contribution in [0.25, 0.3) is 0 Å². The molecule has 0 unspecified atom stereocenters. The number of rotatable bonds is 5. The Labute approximate surface area is 103 Å². The van der Waals surface area contributed by atoms with Gasteiger partial charge in [-0.15, -0.1) is 0 Å². The Morgan fingerprint density at radius 3 is 2.71 bits per heavy atom. The summed E-state index contributed by atoms with van der Waals surface area (Å²) < 4.78 is 5.59. The fourth-order valence-electron chi connectivity index (χ4n) is 2.28. The molecule has 1 aliphatic carbocycles. The summed E-state index contributed by atoms with van der Waals surface area (Å²) in [5.74, 6) is 0.901. The van der Waals surface area contributed by atoms with Gasteiger partial charge in [0, 0.05) is 12.6 Å². The standard InChI is InChI=1S/C14H21NO2/c16-14-9-5-4-8-13(14)15-10-11-17-12-6-2-1-3-7-12/h1-3,6-7,13-16H,4-5,8-11H2/t13-,14-/m0/s1. The summed E-state index contributed by atoms with van der Waals surface area (Å²) in [4.78, 5) is 0. The van der Waals surface area contributed by atoms with E-state index in [0.29, 0.717) is 6.61 Å². The molecule has 17 heavy (non-hydrogen) atoms. The lowest BCUT2D eigenvalue weighted by molar-refractivity contribution is 0.0890. The number of aliphatic hydroxyl groups excluding tert-OH is 1. The van der Waals surface area contributed by atoms with Crippen LogP contribution in [0.2, 0.25) is 0 Å². The molecule has 0 bridgehead atoms. The van der Waals surface area contributed by atoms with E-state index in [4.69, 9.17) is 4.74 Å². The molecular formula is C14H21NO2. The number of benzene rings is 1. The SMILES string of the molecule is O[C@H]1CCCC[C@@H]1NCCOc1ccccc1. The topological polar surface area (TPSA) is 41.5 Å². The average molecular weight is 235 g/mol. The summed E-state index contributed by atoms with van der Waals surface area (Å²) in [6.07, 6.45) is 4.19. The Hall–Kier alpha value is -1.06. The van der Waals surface area contributed by atoms with Gasteiger partial charge in [-0.2, -0.15) is 0 Å². The summed E-state index contributed by atoms with van der Waals surface area (Å²) in [6, 6.07) is 10.1. The number of ether oxygens (including phenoxy) is 1. The van der Waals surface area contributed by atoms with E-state index in [9.17, 15) is 5.11 Å². The molecule has 3 heteroatoms. The summed E-state index contributed by atoms with van der Waals surface area (Å²) in [5, 5.41) is 13.1. The fourth-order valence-corrected chi connectivity index (χ4v) is 2.28. The number of hydrogen-bond donors (Lipinski definition) is 2. The van der Waals surface area contributed by atoms with Gasteiger partial charge in [-0.3, -0.25) is 0 Å². The molecule has 1 aliphatic rings. The molecule has 0 saturated heterocycles. The predicted octanol–water partition coefficient (Wildman–Crippen LogP) is 1.96. The summed E-state index contributed by atoms with van der Waals surface area (Å²) in [5.41, 5.74) is 0. The van der Waals surface area contributed by atoms with Crippen LogP contribution in [0.1, 0.15) is 25.7 Å². The van der Waals surface area contributed by atoms with E-state index in [1.807, 2.05) is 30.3 Å². The lowest BCUT2D eigenvalue weighted by Gasteiger charge is -2.28. The van der Waals surface area contributed by atoms with Crippen molar-refractivity contribution in [1.29, 1.82) is 0 Å². The van der Waals surface area contributed by atoms with Crippen molar-refractivity contribution in [3.05, 3.63) is 30.3 Å². The zero-order valence-electron chi connectivity index (χ0n) is 10.1. The molecule has 0 heterocycles. The van der Waals surface area contributed by atoms with Gasteiger partial charge >= 0.3 is 0 Å². The van der Waals surface area contributed by atoms with Crippen LogP contribution in [0, 0.1) is 0 Å². The van der Waals surface area contributed by atoms with Gasteiger partial charge in [0.2, 0.25) is 0 Å². The van der Waals surface area contributed by atoms with E-state index in [2.05, 4.69) is 5.32 Å². The zero-order valence-corrected chi connectivity index (χ0v) is 10.1. The van der Waals surface area contributed by atoms with Gasteiger partial charge in [0.15, 0.2) is 0 Å². The molecule has 1 saturated carbocycles. The molecule has 2 rings (SSSR count). The first-order chi connectivity index (χ1) is 8.36. The first kappa shape index (κ1) is 12.4. The fraction of sp³-hybridized carbons (Fsp3) is 0.571. The normalized spacial score (nSPS) is 24.5. The molecule has 1 aromatic carbocycles. The van der Waals surface area contributed by atoms with Gasteiger partial charge in [-0.25, -0.2) is 0 Å². The molecule has 1 fully saturated rings. The summed E-state index contributed by atoms with van der Waals surface area (Å²) >= 11 is 0. The van der Waals surface area contributed by atoms with Crippen LogP contribution in [-0.4, -0.2) is 30.4 Å². The first-order valence-electron chi connectivity index (χ1n) is 6.45. The molecule has 1 aromatic rings. The number of para-hydroxylation sites is 1. The molecule has 0 radical (unpaired) electrons. The van der Waals surface area contributed by atoms with Crippen LogP contribution < -0.4 is 10.1 Å². The second-order valence-corrected chi connectivity index (χ2v) is 4.57. The summed E-state index contributed by atoms with van der Waals surface area (Å²) in [6.45, 7) is 1.43. The third-order valence-electron chi connectivity index (χ3n) is 3.25. The lowest BCUT2D eigenvalue weighted by Crippen LogP contribution is -2.43. The monoisotopic (exact) mass is 235 g/mol. The number of aliphatic hydroxyl groups is 1. The maximum atomic E-state index is 9.78. The first-order valence-corrected chi connectivity index (χ1v) is 6.45. The average Bonchev–Trinajstić information content (AvgIpc) is 2.38. The largest absolute Gasteiger partial charge is 0.492 e. The van der Waals surface area contributed by atoms with Crippen molar-refractivity contribution in [2.24, 2.45) is 0 Å². The Morgan fingerprint density at radius 1 is 1.18 bits per heavy atom. The zero-order chi connectivity index (χ0) is 11.9. The highest BCUT2D eigenvalue weighted by atomic mass is 16.5. The highest BCUT2D eigenvalue weighted by Gasteiger charge is 2.21. The quantitative estimate of drug-likeness (QED) is 0.767. The Morgan fingerprint density at radius 2 is 1.94 bits per heavy atom. The molecule has 2 N–H and O–H groups in total. The molecule has 0 aromatic heterocycles. The predicted molar refractivity (Wildman–Crippen MR) is 68.2 cm³/mol. The van der Waals surface area contributed by atoms with Gasteiger partial charge in [0.25, 0.3) is 0 Å². The van der Waals surface area contributed by atoms with Crippen LogP contribution in [0.4, 0.5) is 0 Å². The van der Waals surface area contributed by atoms with Crippen LogP contribution >= 0.6 is 0 Å². The lowest BCUT2D eigenvalue weighted by atomic mass is 9.93. The van der Waals surface area contributed by atoms with Gasteiger partial charge in [-0.05, 0) is 25.0 Å². The van der Waals surface area contributed by atoms with Gasteiger partial charge in [-0.1, -0.05) is 31.0 Å². The van der Waals surface area contributed by atoms with Crippen molar-refractivity contribution in [3.63, 3.8) is 0 Å². The van der Waals surface area contributed by atoms with E-state index in [1.54, 1.807) is 0 Å². The van der Waals surface area contributed by atoms with Crippen molar-refractivity contribution in [2.75, 3.05) is 13.2 Å². The maximum absolute atomic E-state index is 9.78. The highest BCUT2D eigenvalue weighted by Crippen LogP contribution is 2.18. The molecular weight excluding hydrogens is 214 g/mol. The van der Waals surface area contributed by atoms with Crippen molar-refractivity contribution < 1.29 is 9.84 Å². The third-order valence-corrected chi connectivity index (χ3v) is 3.25. The second-order valence-electron chi connectivity index (χ2n) is 4.57. The second kappa shape index (κ2) is 6.62. The highest BCUT2D eigenvalue weighted by molar-refractivity contribution is 5.20.